The van der Waals surface area contributed by atoms with Crippen LogP contribution in [-0.4, -0.2) is 23.0 Å². The minimum absolute atomic E-state index is 0.0862. The third kappa shape index (κ3) is 2.77. The number of fused-ring (bicyclic) bond motifs is 1. The highest BCUT2D eigenvalue weighted by Gasteiger charge is 2.32. The molecule has 1 unspecified atom stereocenters. The SMILES string of the molecule is CCC1Nc2cc(F)ccc2N(Cc2ccc(C(=O)O)o2)C1=O. The highest BCUT2D eigenvalue weighted by Crippen LogP contribution is 2.34. The lowest BCUT2D eigenvalue weighted by Crippen LogP contribution is -2.46. The van der Waals surface area contributed by atoms with Crippen molar-refractivity contribution in [3.05, 3.63) is 47.7 Å². The van der Waals surface area contributed by atoms with Crippen molar-refractivity contribution >= 4 is 23.3 Å². The van der Waals surface area contributed by atoms with Crippen LogP contribution in [0.1, 0.15) is 29.7 Å². The molecule has 1 aliphatic rings. The molecule has 1 aromatic heterocycles. The number of nitrogens with one attached hydrogen (secondary N) is 1. The molecule has 0 aliphatic carbocycles. The molecule has 0 radical (unpaired) electrons. The van der Waals surface area contributed by atoms with Crippen molar-refractivity contribution in [1.29, 1.82) is 0 Å². The number of hydrogen-bond donors (Lipinski definition) is 2. The van der Waals surface area contributed by atoms with Gasteiger partial charge in [-0.05, 0) is 36.8 Å². The number of nitrogens with zero attached hydrogens (tertiary/aromatic N) is 1. The zero-order valence-corrected chi connectivity index (χ0v) is 12.4. The molecule has 7 heteroatoms. The maximum Gasteiger partial charge on any atom is 0.371 e. The van der Waals surface area contributed by atoms with Gasteiger partial charge in [0.2, 0.25) is 11.7 Å². The fourth-order valence-electron chi connectivity index (χ4n) is 2.59. The average Bonchev–Trinajstić information content (AvgIpc) is 2.98. The molecule has 1 amide bonds. The number of furan rings is 1. The van der Waals surface area contributed by atoms with Crippen LogP contribution in [0.25, 0.3) is 0 Å². The fourth-order valence-corrected chi connectivity index (χ4v) is 2.59. The quantitative estimate of drug-likeness (QED) is 0.906. The van der Waals surface area contributed by atoms with Gasteiger partial charge < -0.3 is 19.7 Å². The number of carbonyl (C=O) groups is 2. The van der Waals surface area contributed by atoms with E-state index in [1.54, 1.807) is 0 Å². The summed E-state index contributed by atoms with van der Waals surface area (Å²) >= 11 is 0. The Balaban J connectivity index is 1.95. The van der Waals surface area contributed by atoms with Crippen LogP contribution in [-0.2, 0) is 11.3 Å². The Morgan fingerprint density at radius 2 is 2.17 bits per heavy atom. The highest BCUT2D eigenvalue weighted by molar-refractivity contribution is 6.04. The number of aromatic carboxylic acids is 1. The molecular weight excluding hydrogens is 303 g/mol. The average molecular weight is 318 g/mol. The molecular formula is C16H15FN2O4. The van der Waals surface area contributed by atoms with Crippen LogP contribution in [0.2, 0.25) is 0 Å². The summed E-state index contributed by atoms with van der Waals surface area (Å²) in [7, 11) is 0. The zero-order valence-electron chi connectivity index (χ0n) is 12.4. The Kier molecular flexibility index (Phi) is 3.77. The topological polar surface area (TPSA) is 82.8 Å². The number of anilines is 2. The van der Waals surface area contributed by atoms with Crippen LogP contribution in [0.4, 0.5) is 15.8 Å². The van der Waals surface area contributed by atoms with E-state index < -0.39 is 17.8 Å². The van der Waals surface area contributed by atoms with Crippen molar-refractivity contribution in [2.24, 2.45) is 0 Å². The van der Waals surface area contributed by atoms with E-state index in [1.807, 2.05) is 6.92 Å². The lowest BCUT2D eigenvalue weighted by molar-refractivity contribution is -0.119. The van der Waals surface area contributed by atoms with Gasteiger partial charge in [0, 0.05) is 0 Å². The number of rotatable bonds is 4. The molecule has 0 bridgehead atoms. The molecule has 0 saturated carbocycles. The summed E-state index contributed by atoms with van der Waals surface area (Å²) in [5.41, 5.74) is 1.07. The van der Waals surface area contributed by atoms with Gasteiger partial charge in [-0.15, -0.1) is 0 Å². The van der Waals surface area contributed by atoms with Crippen molar-refractivity contribution in [1.82, 2.24) is 0 Å². The van der Waals surface area contributed by atoms with Crippen LogP contribution in [0.3, 0.4) is 0 Å². The smallest absolute Gasteiger partial charge is 0.371 e. The molecule has 23 heavy (non-hydrogen) atoms. The summed E-state index contributed by atoms with van der Waals surface area (Å²) < 4.78 is 18.7. The van der Waals surface area contributed by atoms with E-state index in [4.69, 9.17) is 9.52 Å². The predicted octanol–water partition coefficient (Wildman–Crippen LogP) is 2.85. The molecule has 1 aromatic carbocycles. The van der Waals surface area contributed by atoms with Gasteiger partial charge in [-0.2, -0.15) is 0 Å². The van der Waals surface area contributed by atoms with E-state index in [-0.39, 0.29) is 18.2 Å². The largest absolute Gasteiger partial charge is 0.475 e. The summed E-state index contributed by atoms with van der Waals surface area (Å²) in [6.07, 6.45) is 0.545. The number of amides is 1. The first kappa shape index (κ1) is 15.1. The summed E-state index contributed by atoms with van der Waals surface area (Å²) in [5, 5.41) is 11.9. The third-order valence-corrected chi connectivity index (χ3v) is 3.74. The maximum atomic E-state index is 13.4. The van der Waals surface area contributed by atoms with E-state index in [1.165, 1.54) is 35.2 Å². The fraction of sp³-hybridized carbons (Fsp3) is 0.250. The summed E-state index contributed by atoms with van der Waals surface area (Å²) in [4.78, 5) is 24.9. The first-order valence-corrected chi connectivity index (χ1v) is 7.19. The Bertz CT molecular complexity index is 771. The molecule has 2 heterocycles. The number of carbonyl (C=O) groups excluding carboxylic acids is 1. The second-order valence-electron chi connectivity index (χ2n) is 5.26. The molecule has 3 rings (SSSR count). The van der Waals surface area contributed by atoms with Crippen molar-refractivity contribution in [2.75, 3.05) is 10.2 Å². The normalized spacial score (nSPS) is 16.9. The molecule has 2 N–H and O–H groups in total. The Morgan fingerprint density at radius 1 is 1.39 bits per heavy atom. The number of hydrogen-bond acceptors (Lipinski definition) is 4. The predicted molar refractivity (Wildman–Crippen MR) is 81.0 cm³/mol. The second kappa shape index (κ2) is 5.75. The molecule has 1 aliphatic heterocycles. The van der Waals surface area contributed by atoms with Crippen molar-refractivity contribution in [3.8, 4) is 0 Å². The van der Waals surface area contributed by atoms with Gasteiger partial charge in [0.25, 0.3) is 0 Å². The summed E-state index contributed by atoms with van der Waals surface area (Å²) in [6.45, 7) is 1.94. The number of carboxylic acids is 1. The summed E-state index contributed by atoms with van der Waals surface area (Å²) in [6, 6.07) is 6.52. The molecule has 0 spiro atoms. The van der Waals surface area contributed by atoms with Gasteiger partial charge >= 0.3 is 5.97 Å². The van der Waals surface area contributed by atoms with Gasteiger partial charge in [0.1, 0.15) is 17.6 Å². The molecule has 1 atom stereocenters. The lowest BCUT2D eigenvalue weighted by atomic mass is 10.1. The molecule has 2 aromatic rings. The van der Waals surface area contributed by atoms with Gasteiger partial charge in [-0.1, -0.05) is 6.92 Å². The standard InChI is InChI=1S/C16H15FN2O4/c1-2-11-15(20)19(8-10-4-6-14(23-10)16(21)22)13-5-3-9(17)7-12(13)18-11/h3-7,11,18H,2,8H2,1H3,(H,21,22). The molecule has 6 nitrogen and oxygen atoms in total. The van der Waals surface area contributed by atoms with Crippen LogP contribution >= 0.6 is 0 Å². The van der Waals surface area contributed by atoms with E-state index in [9.17, 15) is 14.0 Å². The van der Waals surface area contributed by atoms with Gasteiger partial charge in [-0.25, -0.2) is 9.18 Å². The Hall–Kier alpha value is -2.83. The third-order valence-electron chi connectivity index (χ3n) is 3.74. The number of halogens is 1. The summed E-state index contributed by atoms with van der Waals surface area (Å²) in [5.74, 6) is -1.57. The lowest BCUT2D eigenvalue weighted by Gasteiger charge is -2.34. The van der Waals surface area contributed by atoms with E-state index in [0.717, 1.165) is 0 Å². The van der Waals surface area contributed by atoms with E-state index in [2.05, 4.69) is 5.32 Å². The van der Waals surface area contributed by atoms with Crippen molar-refractivity contribution < 1.29 is 23.5 Å². The monoisotopic (exact) mass is 318 g/mol. The Labute approximate surface area is 131 Å². The van der Waals surface area contributed by atoms with Gasteiger partial charge in [0.15, 0.2) is 0 Å². The minimum atomic E-state index is -1.17. The minimum Gasteiger partial charge on any atom is -0.475 e. The molecule has 120 valence electrons. The van der Waals surface area contributed by atoms with Crippen molar-refractivity contribution in [3.63, 3.8) is 0 Å². The van der Waals surface area contributed by atoms with E-state index in [0.29, 0.717) is 23.6 Å². The second-order valence-corrected chi connectivity index (χ2v) is 5.26. The molecule has 0 saturated heterocycles. The van der Waals surface area contributed by atoms with Gasteiger partial charge in [0.05, 0.1) is 17.9 Å². The Morgan fingerprint density at radius 3 is 2.83 bits per heavy atom. The van der Waals surface area contributed by atoms with E-state index >= 15 is 0 Å². The zero-order chi connectivity index (χ0) is 16.6. The highest BCUT2D eigenvalue weighted by atomic mass is 19.1. The first-order chi connectivity index (χ1) is 11.0. The number of benzene rings is 1. The maximum absolute atomic E-state index is 13.4. The van der Waals surface area contributed by atoms with Crippen LogP contribution < -0.4 is 10.2 Å². The van der Waals surface area contributed by atoms with Gasteiger partial charge in [-0.3, -0.25) is 4.79 Å². The molecule has 0 fully saturated rings. The van der Waals surface area contributed by atoms with Crippen LogP contribution in [0.15, 0.2) is 34.7 Å². The van der Waals surface area contributed by atoms with Crippen LogP contribution in [0, 0.1) is 5.82 Å². The first-order valence-electron chi connectivity index (χ1n) is 7.19. The number of carboxylic acid groups (broad SMARTS) is 1. The van der Waals surface area contributed by atoms with Crippen molar-refractivity contribution in [2.45, 2.75) is 25.9 Å². The van der Waals surface area contributed by atoms with Crippen LogP contribution in [0.5, 0.6) is 0 Å².